The molecule has 0 radical (unpaired) electrons. The van der Waals surface area contributed by atoms with Crippen molar-refractivity contribution >= 4 is 33.3 Å². The number of nitrogens with two attached hydrogens (primary N) is 1. The SMILES string of the molecule is Nc1nc2ccccc2c2c([N+](=O)[O-])ccnc12. The largest absolute Gasteiger partial charge is 0.382 e. The van der Waals surface area contributed by atoms with Crippen LogP contribution >= 0.6 is 0 Å². The maximum absolute atomic E-state index is 11.1. The van der Waals surface area contributed by atoms with E-state index in [1.54, 1.807) is 18.2 Å². The van der Waals surface area contributed by atoms with E-state index in [0.29, 0.717) is 21.8 Å². The van der Waals surface area contributed by atoms with Gasteiger partial charge in [0.15, 0.2) is 5.82 Å². The molecule has 3 aromatic rings. The number of hydrogen-bond acceptors (Lipinski definition) is 5. The monoisotopic (exact) mass is 240 g/mol. The molecule has 0 atom stereocenters. The summed E-state index contributed by atoms with van der Waals surface area (Å²) >= 11 is 0. The molecular formula is C12H8N4O2. The average molecular weight is 240 g/mol. The van der Waals surface area contributed by atoms with Crippen LogP contribution in [0.1, 0.15) is 0 Å². The topological polar surface area (TPSA) is 94.9 Å². The molecule has 0 bridgehead atoms. The Morgan fingerprint density at radius 2 is 2.00 bits per heavy atom. The van der Waals surface area contributed by atoms with Crippen molar-refractivity contribution in [2.75, 3.05) is 5.73 Å². The molecule has 2 aromatic heterocycles. The van der Waals surface area contributed by atoms with E-state index in [1.807, 2.05) is 6.07 Å². The van der Waals surface area contributed by atoms with Crippen LogP contribution in [0.2, 0.25) is 0 Å². The zero-order valence-electron chi connectivity index (χ0n) is 9.20. The number of fused-ring (bicyclic) bond motifs is 3. The summed E-state index contributed by atoms with van der Waals surface area (Å²) in [5, 5.41) is 12.2. The minimum atomic E-state index is -0.435. The van der Waals surface area contributed by atoms with Gasteiger partial charge in [-0.3, -0.25) is 15.1 Å². The second kappa shape index (κ2) is 3.63. The van der Waals surface area contributed by atoms with Gasteiger partial charge < -0.3 is 5.73 Å². The summed E-state index contributed by atoms with van der Waals surface area (Å²) in [7, 11) is 0. The molecule has 3 rings (SSSR count). The smallest absolute Gasteiger partial charge is 0.281 e. The van der Waals surface area contributed by atoms with Gasteiger partial charge >= 0.3 is 0 Å². The Balaban J connectivity index is 2.64. The van der Waals surface area contributed by atoms with Crippen molar-refractivity contribution in [1.82, 2.24) is 9.97 Å². The maximum Gasteiger partial charge on any atom is 0.281 e. The van der Waals surface area contributed by atoms with Crippen molar-refractivity contribution in [3.05, 3.63) is 46.6 Å². The molecule has 0 amide bonds. The van der Waals surface area contributed by atoms with Crippen LogP contribution in [0.4, 0.5) is 11.5 Å². The summed E-state index contributed by atoms with van der Waals surface area (Å²) in [5.41, 5.74) is 6.77. The highest BCUT2D eigenvalue weighted by atomic mass is 16.6. The number of aromatic nitrogens is 2. The first-order chi connectivity index (χ1) is 8.68. The average Bonchev–Trinajstić information content (AvgIpc) is 2.38. The fraction of sp³-hybridized carbons (Fsp3) is 0. The van der Waals surface area contributed by atoms with Gasteiger partial charge in [0.2, 0.25) is 0 Å². The molecular weight excluding hydrogens is 232 g/mol. The first kappa shape index (κ1) is 10.4. The van der Waals surface area contributed by atoms with Crippen LogP contribution in [-0.4, -0.2) is 14.9 Å². The van der Waals surface area contributed by atoms with Crippen molar-refractivity contribution in [2.24, 2.45) is 0 Å². The third-order valence-corrected chi connectivity index (χ3v) is 2.78. The molecule has 0 fully saturated rings. The van der Waals surface area contributed by atoms with Gasteiger partial charge in [-0.15, -0.1) is 0 Å². The van der Waals surface area contributed by atoms with Crippen LogP contribution in [0.3, 0.4) is 0 Å². The number of nitro groups is 1. The molecule has 2 N–H and O–H groups in total. The highest BCUT2D eigenvalue weighted by Crippen LogP contribution is 2.32. The summed E-state index contributed by atoms with van der Waals surface area (Å²) < 4.78 is 0. The molecule has 88 valence electrons. The predicted molar refractivity (Wildman–Crippen MR) is 68.1 cm³/mol. The van der Waals surface area contributed by atoms with Gasteiger partial charge in [0.1, 0.15) is 5.52 Å². The van der Waals surface area contributed by atoms with Crippen LogP contribution in [0, 0.1) is 10.1 Å². The second-order valence-electron chi connectivity index (χ2n) is 3.82. The van der Waals surface area contributed by atoms with Gasteiger partial charge in [-0.05, 0) is 6.07 Å². The Bertz CT molecular complexity index is 785. The van der Waals surface area contributed by atoms with Gasteiger partial charge in [0.05, 0.1) is 15.8 Å². The van der Waals surface area contributed by atoms with E-state index in [4.69, 9.17) is 5.73 Å². The second-order valence-corrected chi connectivity index (χ2v) is 3.82. The van der Waals surface area contributed by atoms with Crippen molar-refractivity contribution < 1.29 is 4.92 Å². The number of para-hydroxylation sites is 1. The zero-order chi connectivity index (χ0) is 12.7. The van der Waals surface area contributed by atoms with Crippen LogP contribution in [0.25, 0.3) is 21.8 Å². The lowest BCUT2D eigenvalue weighted by Crippen LogP contribution is -1.98. The van der Waals surface area contributed by atoms with Gasteiger partial charge in [-0.1, -0.05) is 18.2 Å². The molecule has 0 aliphatic heterocycles. The third kappa shape index (κ3) is 1.36. The highest BCUT2D eigenvalue weighted by molar-refractivity contribution is 6.12. The summed E-state index contributed by atoms with van der Waals surface area (Å²) in [6.45, 7) is 0. The van der Waals surface area contributed by atoms with Gasteiger partial charge in [0, 0.05) is 17.6 Å². The van der Waals surface area contributed by atoms with E-state index in [2.05, 4.69) is 9.97 Å². The molecule has 0 aliphatic carbocycles. The van der Waals surface area contributed by atoms with E-state index < -0.39 is 4.92 Å². The number of anilines is 1. The van der Waals surface area contributed by atoms with Gasteiger partial charge in [0.25, 0.3) is 5.69 Å². The summed E-state index contributed by atoms with van der Waals surface area (Å²) in [4.78, 5) is 18.9. The fourth-order valence-electron chi connectivity index (χ4n) is 2.03. The summed E-state index contributed by atoms with van der Waals surface area (Å²) in [5.74, 6) is 0.201. The van der Waals surface area contributed by atoms with E-state index in [1.165, 1.54) is 12.3 Å². The number of pyridine rings is 2. The number of rotatable bonds is 1. The number of nitrogen functional groups attached to an aromatic ring is 1. The molecule has 0 saturated carbocycles. The Morgan fingerprint density at radius 1 is 1.22 bits per heavy atom. The first-order valence-electron chi connectivity index (χ1n) is 5.26. The zero-order valence-corrected chi connectivity index (χ0v) is 9.20. The number of hydrogen-bond donors (Lipinski definition) is 1. The van der Waals surface area contributed by atoms with E-state index in [9.17, 15) is 10.1 Å². The Kier molecular flexibility index (Phi) is 2.09. The number of benzene rings is 1. The molecule has 6 nitrogen and oxygen atoms in total. The van der Waals surface area contributed by atoms with Crippen molar-refractivity contribution in [2.45, 2.75) is 0 Å². The van der Waals surface area contributed by atoms with Crippen molar-refractivity contribution in [3.8, 4) is 0 Å². The van der Waals surface area contributed by atoms with Gasteiger partial charge in [-0.2, -0.15) is 0 Å². The molecule has 2 heterocycles. The molecule has 0 aliphatic rings. The van der Waals surface area contributed by atoms with Crippen LogP contribution < -0.4 is 5.73 Å². The molecule has 1 aromatic carbocycles. The normalized spacial score (nSPS) is 10.9. The fourth-order valence-corrected chi connectivity index (χ4v) is 2.03. The van der Waals surface area contributed by atoms with E-state index in [-0.39, 0.29) is 11.5 Å². The molecule has 0 unspecified atom stereocenters. The van der Waals surface area contributed by atoms with Crippen LogP contribution in [0.5, 0.6) is 0 Å². The van der Waals surface area contributed by atoms with Crippen molar-refractivity contribution in [1.29, 1.82) is 0 Å². The minimum Gasteiger partial charge on any atom is -0.382 e. The predicted octanol–water partition coefficient (Wildman–Crippen LogP) is 2.27. The van der Waals surface area contributed by atoms with Crippen molar-refractivity contribution in [3.63, 3.8) is 0 Å². The Hall–Kier alpha value is -2.76. The van der Waals surface area contributed by atoms with E-state index in [0.717, 1.165) is 0 Å². The highest BCUT2D eigenvalue weighted by Gasteiger charge is 2.17. The Labute approximate surface area is 101 Å². The van der Waals surface area contributed by atoms with Gasteiger partial charge in [-0.25, -0.2) is 4.98 Å². The summed E-state index contributed by atoms with van der Waals surface area (Å²) in [6.07, 6.45) is 1.37. The molecule has 0 saturated heterocycles. The minimum absolute atomic E-state index is 0.00898. The summed E-state index contributed by atoms with van der Waals surface area (Å²) in [6, 6.07) is 8.52. The standard InChI is InChI=1S/C12H8N4O2/c13-12-11-10(9(16(17)18)5-6-14-11)7-3-1-2-4-8(7)15-12/h1-6H,(H2,13,15). The molecule has 6 heteroatoms. The lowest BCUT2D eigenvalue weighted by atomic mass is 10.1. The Morgan fingerprint density at radius 3 is 2.78 bits per heavy atom. The molecule has 18 heavy (non-hydrogen) atoms. The lowest BCUT2D eigenvalue weighted by molar-refractivity contribution is -0.383. The van der Waals surface area contributed by atoms with Crippen LogP contribution in [-0.2, 0) is 0 Å². The number of nitrogens with zero attached hydrogens (tertiary/aromatic N) is 3. The van der Waals surface area contributed by atoms with Crippen LogP contribution in [0.15, 0.2) is 36.5 Å². The first-order valence-corrected chi connectivity index (χ1v) is 5.26. The quantitative estimate of drug-likeness (QED) is 0.400. The maximum atomic E-state index is 11.1. The molecule has 0 spiro atoms. The lowest BCUT2D eigenvalue weighted by Gasteiger charge is -2.05. The third-order valence-electron chi connectivity index (χ3n) is 2.78. The van der Waals surface area contributed by atoms with E-state index >= 15 is 0 Å².